The highest BCUT2D eigenvalue weighted by Gasteiger charge is 2.48. The van der Waals surface area contributed by atoms with E-state index < -0.39 is 5.92 Å². The Hall–Kier alpha value is -3.29. The Morgan fingerprint density at radius 2 is 1.45 bits per heavy atom. The molecule has 2 aliphatic carbocycles. The van der Waals surface area contributed by atoms with Crippen LogP contribution in [0.5, 0.6) is 11.5 Å². The minimum Gasteiger partial charge on any atom is -0.490 e. The van der Waals surface area contributed by atoms with Crippen LogP contribution in [0.2, 0.25) is 10.0 Å². The van der Waals surface area contributed by atoms with Crippen LogP contribution in [0.1, 0.15) is 78.7 Å². The van der Waals surface area contributed by atoms with Gasteiger partial charge in [-0.2, -0.15) is 0 Å². The maximum atomic E-state index is 13.9. The summed E-state index contributed by atoms with van der Waals surface area (Å²) in [4.78, 5) is 42.7. The monoisotopic (exact) mass is 638 g/mol. The van der Waals surface area contributed by atoms with E-state index in [1.165, 1.54) is 0 Å². The number of halogens is 2. The quantitative estimate of drug-likeness (QED) is 0.314. The van der Waals surface area contributed by atoms with Crippen LogP contribution < -0.4 is 14.8 Å². The molecule has 1 amide bonds. The Labute approximate surface area is 269 Å². The number of hydrogen-bond donors (Lipinski definition) is 1. The number of anilines is 1. The molecule has 2 aromatic carbocycles. The number of amides is 1. The summed E-state index contributed by atoms with van der Waals surface area (Å²) in [5, 5.41) is 3.48. The molecule has 0 unspecified atom stereocenters. The van der Waals surface area contributed by atoms with Crippen LogP contribution in [0.15, 0.2) is 58.9 Å². The topological polar surface area (TPSA) is 84.9 Å². The van der Waals surface area contributed by atoms with E-state index in [9.17, 15) is 14.4 Å². The third-order valence-corrected chi connectivity index (χ3v) is 9.24. The van der Waals surface area contributed by atoms with Crippen molar-refractivity contribution in [2.24, 2.45) is 10.8 Å². The summed E-state index contributed by atoms with van der Waals surface area (Å²) in [7, 11) is 0. The van der Waals surface area contributed by atoms with Crippen molar-refractivity contribution in [1.29, 1.82) is 0 Å². The number of rotatable bonds is 8. The van der Waals surface area contributed by atoms with Gasteiger partial charge in [0.2, 0.25) is 0 Å². The summed E-state index contributed by atoms with van der Waals surface area (Å²) in [6.07, 6.45) is 2.37. The highest BCUT2D eigenvalue weighted by Crippen LogP contribution is 2.54. The normalized spacial score (nSPS) is 19.5. The molecule has 44 heavy (non-hydrogen) atoms. The average molecular weight is 640 g/mol. The van der Waals surface area contributed by atoms with Gasteiger partial charge in [0.1, 0.15) is 0 Å². The van der Waals surface area contributed by atoms with Gasteiger partial charge in [-0.15, -0.1) is 0 Å². The van der Waals surface area contributed by atoms with Gasteiger partial charge in [0.25, 0.3) is 5.91 Å². The minimum absolute atomic E-state index is 0.0844. The molecule has 2 aromatic rings. The first kappa shape index (κ1) is 32.1. The molecule has 1 aliphatic heterocycles. The van der Waals surface area contributed by atoms with Gasteiger partial charge in [0, 0.05) is 53.5 Å². The van der Waals surface area contributed by atoms with Crippen LogP contribution in [-0.4, -0.2) is 42.1 Å². The van der Waals surface area contributed by atoms with Gasteiger partial charge in [-0.05, 0) is 73.4 Å². The van der Waals surface area contributed by atoms with Crippen molar-refractivity contribution in [2.45, 2.75) is 73.1 Å². The zero-order valence-electron chi connectivity index (χ0n) is 26.2. The van der Waals surface area contributed by atoms with Gasteiger partial charge < -0.3 is 19.7 Å². The number of Topliss-reactive ketones (excluding diaryl/α,β-unsaturated/α-hetero) is 2. The molecule has 5 rings (SSSR count). The summed E-state index contributed by atoms with van der Waals surface area (Å²) in [5.41, 5.74) is 4.45. The molecule has 7 nitrogen and oxygen atoms in total. The van der Waals surface area contributed by atoms with Gasteiger partial charge in [-0.1, -0.05) is 57.0 Å². The first-order valence-electron chi connectivity index (χ1n) is 15.2. The van der Waals surface area contributed by atoms with E-state index in [0.717, 1.165) is 40.9 Å². The SMILES string of the molecule is CCOc1cc(C2C3=C(CC(C)(C)CC3=O)N(CC)C3=C2C(=O)CC(C)(C)C3)ccc1OCC(=O)Nc1ccc(Cl)c(Cl)c1. The summed E-state index contributed by atoms with van der Waals surface area (Å²) in [5.74, 6) is 0.143. The van der Waals surface area contributed by atoms with E-state index in [1.807, 2.05) is 19.1 Å². The van der Waals surface area contributed by atoms with Crippen LogP contribution >= 0.6 is 23.2 Å². The Kier molecular flexibility index (Phi) is 8.94. The molecule has 0 bridgehead atoms. The smallest absolute Gasteiger partial charge is 0.262 e. The molecular weight excluding hydrogens is 599 g/mol. The molecule has 9 heteroatoms. The zero-order chi connectivity index (χ0) is 32.0. The second-order valence-corrected chi connectivity index (χ2v) is 14.2. The van der Waals surface area contributed by atoms with Gasteiger partial charge >= 0.3 is 0 Å². The van der Waals surface area contributed by atoms with Crippen molar-refractivity contribution in [2.75, 3.05) is 25.1 Å². The molecule has 234 valence electrons. The molecule has 1 N–H and O–H groups in total. The first-order valence-corrected chi connectivity index (χ1v) is 15.9. The van der Waals surface area contributed by atoms with E-state index in [0.29, 0.717) is 53.2 Å². The van der Waals surface area contributed by atoms with E-state index in [2.05, 4.69) is 44.8 Å². The molecule has 1 heterocycles. The van der Waals surface area contributed by atoms with Crippen molar-refractivity contribution in [1.82, 2.24) is 4.90 Å². The fraction of sp³-hybridized carbons (Fsp3) is 0.457. The summed E-state index contributed by atoms with van der Waals surface area (Å²) in [6, 6.07) is 10.3. The lowest BCUT2D eigenvalue weighted by Crippen LogP contribution is -2.44. The molecule has 0 radical (unpaired) electrons. The molecule has 0 atom stereocenters. The third-order valence-electron chi connectivity index (χ3n) is 8.50. The summed E-state index contributed by atoms with van der Waals surface area (Å²) in [6.45, 7) is 13.3. The fourth-order valence-corrected chi connectivity index (χ4v) is 7.07. The van der Waals surface area contributed by atoms with Crippen molar-refractivity contribution in [3.8, 4) is 11.5 Å². The average Bonchev–Trinajstić information content (AvgIpc) is 2.92. The lowest BCUT2D eigenvalue weighted by atomic mass is 9.63. The molecule has 0 saturated heterocycles. The predicted molar refractivity (Wildman–Crippen MR) is 173 cm³/mol. The van der Waals surface area contributed by atoms with E-state index in [1.54, 1.807) is 24.3 Å². The number of nitrogens with one attached hydrogen (secondary N) is 1. The van der Waals surface area contributed by atoms with Crippen molar-refractivity contribution >= 4 is 46.4 Å². The molecular formula is C35H40Cl2N2O5. The van der Waals surface area contributed by atoms with E-state index >= 15 is 0 Å². The number of ketones is 2. The highest BCUT2D eigenvalue weighted by molar-refractivity contribution is 6.42. The lowest BCUT2D eigenvalue weighted by molar-refractivity contribution is -0.120. The minimum atomic E-state index is -0.485. The third kappa shape index (κ3) is 6.40. The lowest BCUT2D eigenvalue weighted by Gasteiger charge is -2.48. The number of carbonyl (C=O) groups excluding carboxylic acids is 3. The number of nitrogens with zero attached hydrogens (tertiary/aromatic N) is 1. The van der Waals surface area contributed by atoms with Gasteiger partial charge in [-0.25, -0.2) is 0 Å². The number of ether oxygens (including phenoxy) is 2. The molecule has 0 fully saturated rings. The summed E-state index contributed by atoms with van der Waals surface area (Å²) >= 11 is 12.0. The Bertz CT molecular complexity index is 1540. The standard InChI is InChI=1S/C35H40Cl2N2O5/c1-7-39-24-15-34(3,4)17-26(40)32(24)31(33-25(39)16-35(5,6)18-27(33)41)20-9-12-28(29(13-20)43-8-2)44-19-30(42)38-21-10-11-22(36)23(37)14-21/h9-14,31H,7-8,15-19H2,1-6H3,(H,38,42). The maximum absolute atomic E-state index is 13.9. The second-order valence-electron chi connectivity index (χ2n) is 13.4. The van der Waals surface area contributed by atoms with Crippen LogP contribution in [0.25, 0.3) is 0 Å². The predicted octanol–water partition coefficient (Wildman–Crippen LogP) is 8.12. The van der Waals surface area contributed by atoms with E-state index in [-0.39, 0.29) is 34.9 Å². The van der Waals surface area contributed by atoms with Crippen molar-refractivity contribution in [3.05, 3.63) is 74.5 Å². The van der Waals surface area contributed by atoms with Crippen LogP contribution in [0.3, 0.4) is 0 Å². The highest BCUT2D eigenvalue weighted by atomic mass is 35.5. The van der Waals surface area contributed by atoms with Crippen LogP contribution in [0.4, 0.5) is 5.69 Å². The molecule has 0 saturated carbocycles. The Balaban J connectivity index is 1.51. The van der Waals surface area contributed by atoms with Crippen LogP contribution in [-0.2, 0) is 14.4 Å². The number of carbonyl (C=O) groups is 3. The molecule has 0 aromatic heterocycles. The largest absolute Gasteiger partial charge is 0.490 e. The van der Waals surface area contributed by atoms with Gasteiger partial charge in [0.05, 0.1) is 16.7 Å². The number of benzene rings is 2. The van der Waals surface area contributed by atoms with Gasteiger partial charge in [0.15, 0.2) is 29.7 Å². The number of hydrogen-bond acceptors (Lipinski definition) is 6. The number of allylic oxidation sites excluding steroid dienone is 4. The van der Waals surface area contributed by atoms with Crippen molar-refractivity contribution in [3.63, 3.8) is 0 Å². The first-order chi connectivity index (χ1) is 20.7. The van der Waals surface area contributed by atoms with Gasteiger partial charge in [-0.3, -0.25) is 14.4 Å². The fourth-order valence-electron chi connectivity index (χ4n) is 6.77. The van der Waals surface area contributed by atoms with E-state index in [4.69, 9.17) is 32.7 Å². The second kappa shape index (κ2) is 12.2. The van der Waals surface area contributed by atoms with Crippen LogP contribution in [0, 0.1) is 10.8 Å². The molecule has 3 aliphatic rings. The maximum Gasteiger partial charge on any atom is 0.262 e. The Morgan fingerprint density at radius 3 is 2.00 bits per heavy atom. The van der Waals surface area contributed by atoms with Crippen molar-refractivity contribution < 1.29 is 23.9 Å². The summed E-state index contributed by atoms with van der Waals surface area (Å²) < 4.78 is 11.9. The zero-order valence-corrected chi connectivity index (χ0v) is 27.7. The molecule has 0 spiro atoms. The Morgan fingerprint density at radius 1 is 0.841 bits per heavy atom.